The number of aryl methyl sites for hydroxylation is 2. The Morgan fingerprint density at radius 1 is 0.781 bits per heavy atom. The van der Waals surface area contributed by atoms with E-state index in [0.29, 0.717) is 0 Å². The van der Waals surface area contributed by atoms with Gasteiger partial charge in [0.2, 0.25) is 0 Å². The highest BCUT2D eigenvalue weighted by atomic mass is 16.5. The molecule has 0 saturated carbocycles. The molecular formula is C29H31NO2. The molecule has 3 aromatic rings. The van der Waals surface area contributed by atoms with E-state index in [4.69, 9.17) is 9.47 Å². The van der Waals surface area contributed by atoms with Crippen molar-refractivity contribution in [2.75, 3.05) is 24.7 Å². The van der Waals surface area contributed by atoms with Crippen LogP contribution in [0.15, 0.2) is 72.8 Å². The van der Waals surface area contributed by atoms with E-state index in [0.717, 1.165) is 68.3 Å². The van der Waals surface area contributed by atoms with Gasteiger partial charge < -0.3 is 14.4 Å². The second-order valence-corrected chi connectivity index (χ2v) is 8.58. The molecule has 5 rings (SSSR count). The summed E-state index contributed by atoms with van der Waals surface area (Å²) in [6.07, 6.45) is 11.3. The van der Waals surface area contributed by atoms with Gasteiger partial charge in [0.1, 0.15) is 0 Å². The minimum atomic E-state index is 0.822. The van der Waals surface area contributed by atoms with Gasteiger partial charge in [-0.15, -0.1) is 0 Å². The number of hydrogen-bond acceptors (Lipinski definition) is 3. The van der Waals surface area contributed by atoms with Crippen molar-refractivity contribution < 1.29 is 9.47 Å². The molecule has 0 unspecified atom stereocenters. The zero-order chi connectivity index (χ0) is 21.6. The average Bonchev–Trinajstić information content (AvgIpc) is 2.81. The highest BCUT2D eigenvalue weighted by Crippen LogP contribution is 2.46. The summed E-state index contributed by atoms with van der Waals surface area (Å²) in [5.74, 6) is 1.86. The molecule has 1 aliphatic heterocycles. The lowest BCUT2D eigenvalue weighted by Gasteiger charge is -2.32. The minimum Gasteiger partial charge on any atom is -0.453 e. The summed E-state index contributed by atoms with van der Waals surface area (Å²) < 4.78 is 12.0. The first-order chi connectivity index (χ1) is 15.9. The van der Waals surface area contributed by atoms with E-state index in [2.05, 4.69) is 59.5 Å². The Morgan fingerprint density at radius 3 is 2.22 bits per heavy atom. The lowest BCUT2D eigenvalue weighted by Crippen LogP contribution is -2.22. The van der Waals surface area contributed by atoms with Crippen molar-refractivity contribution in [2.45, 2.75) is 38.5 Å². The Morgan fingerprint density at radius 2 is 1.50 bits per heavy atom. The monoisotopic (exact) mass is 425 g/mol. The van der Waals surface area contributed by atoms with Crippen molar-refractivity contribution in [3.63, 3.8) is 0 Å². The molecule has 3 heteroatoms. The predicted molar refractivity (Wildman–Crippen MR) is 132 cm³/mol. The number of hydrogen-bond donors (Lipinski definition) is 0. The van der Waals surface area contributed by atoms with Crippen LogP contribution in [0.3, 0.4) is 0 Å². The van der Waals surface area contributed by atoms with Gasteiger partial charge in [0.25, 0.3) is 0 Å². The average molecular weight is 426 g/mol. The highest BCUT2D eigenvalue weighted by Gasteiger charge is 2.23. The van der Waals surface area contributed by atoms with Gasteiger partial charge in [-0.1, -0.05) is 54.6 Å². The fraction of sp³-hybridized carbons (Fsp3) is 0.310. The normalized spacial score (nSPS) is 13.8. The molecule has 0 saturated heterocycles. The molecule has 0 atom stereocenters. The Labute approximate surface area is 191 Å². The molecule has 0 fully saturated rings. The summed E-state index contributed by atoms with van der Waals surface area (Å²) >= 11 is 0. The molecular weight excluding hydrogens is 394 g/mol. The quantitative estimate of drug-likeness (QED) is 0.318. The fourth-order valence-electron chi connectivity index (χ4n) is 4.44. The lowest BCUT2D eigenvalue weighted by atomic mass is 9.87. The number of nitrogens with zero attached hydrogens (tertiary/aromatic N) is 1. The largest absolute Gasteiger partial charge is 0.453 e. The van der Waals surface area contributed by atoms with Crippen molar-refractivity contribution in [1.29, 1.82) is 0 Å². The summed E-state index contributed by atoms with van der Waals surface area (Å²) in [5, 5.41) is 0. The van der Waals surface area contributed by atoms with E-state index in [1.165, 1.54) is 29.5 Å². The molecule has 3 aromatic carbocycles. The van der Waals surface area contributed by atoms with Crippen molar-refractivity contribution >= 4 is 17.5 Å². The summed E-state index contributed by atoms with van der Waals surface area (Å²) in [5.41, 5.74) is 6.67. The number of unbranched alkanes of at least 4 members (excludes halogenated alkanes) is 2. The second kappa shape index (κ2) is 10.1. The predicted octanol–water partition coefficient (Wildman–Crippen LogP) is 7.32. The van der Waals surface area contributed by atoms with Crippen LogP contribution in [0.1, 0.15) is 42.4 Å². The molecule has 2 aliphatic rings. The summed E-state index contributed by atoms with van der Waals surface area (Å²) in [6, 6.07) is 23.4. The van der Waals surface area contributed by atoms with Crippen molar-refractivity contribution in [1.82, 2.24) is 0 Å². The number of rotatable bonds is 10. The van der Waals surface area contributed by atoms with Crippen LogP contribution in [0.5, 0.6) is 11.5 Å². The van der Waals surface area contributed by atoms with Crippen molar-refractivity contribution in [2.24, 2.45) is 0 Å². The third-order valence-corrected chi connectivity index (χ3v) is 6.32. The topological polar surface area (TPSA) is 21.7 Å². The Bertz CT molecular complexity index is 1040. The van der Waals surface area contributed by atoms with E-state index < -0.39 is 0 Å². The zero-order valence-corrected chi connectivity index (χ0v) is 18.6. The summed E-state index contributed by atoms with van der Waals surface area (Å²) in [6.45, 7) is 2.62. The van der Waals surface area contributed by atoms with Crippen LogP contribution in [0.4, 0.5) is 11.4 Å². The molecule has 1 aliphatic carbocycles. The second-order valence-electron chi connectivity index (χ2n) is 8.58. The molecule has 0 bridgehead atoms. The number of para-hydroxylation sites is 4. The van der Waals surface area contributed by atoms with Crippen LogP contribution in [-0.4, -0.2) is 19.8 Å². The Hall–Kier alpha value is -3.04. The number of benzene rings is 3. The van der Waals surface area contributed by atoms with E-state index >= 15 is 0 Å². The van der Waals surface area contributed by atoms with E-state index in [1.807, 2.05) is 24.3 Å². The van der Waals surface area contributed by atoms with Crippen LogP contribution >= 0.6 is 0 Å². The third-order valence-electron chi connectivity index (χ3n) is 6.32. The summed E-state index contributed by atoms with van der Waals surface area (Å²) in [4.78, 5) is 2.37. The molecule has 0 radical (unpaired) electrons. The van der Waals surface area contributed by atoms with Gasteiger partial charge in [0, 0.05) is 19.8 Å². The highest BCUT2D eigenvalue weighted by molar-refractivity contribution is 5.77. The lowest BCUT2D eigenvalue weighted by molar-refractivity contribution is 0.129. The molecule has 0 spiro atoms. The van der Waals surface area contributed by atoms with Crippen molar-refractivity contribution in [3.8, 4) is 11.5 Å². The van der Waals surface area contributed by atoms with Crippen LogP contribution in [-0.2, 0) is 17.6 Å². The van der Waals surface area contributed by atoms with Crippen LogP contribution in [0.2, 0.25) is 0 Å². The van der Waals surface area contributed by atoms with Crippen LogP contribution < -0.4 is 9.64 Å². The molecule has 3 nitrogen and oxygen atoms in total. The number of fused-ring (bicyclic) bond motifs is 3. The van der Waals surface area contributed by atoms with Crippen LogP contribution in [0.25, 0.3) is 6.08 Å². The maximum atomic E-state index is 6.07. The first-order valence-electron chi connectivity index (χ1n) is 11.9. The maximum Gasteiger partial charge on any atom is 0.151 e. The zero-order valence-electron chi connectivity index (χ0n) is 18.6. The molecule has 0 N–H and O–H groups in total. The van der Waals surface area contributed by atoms with E-state index in [-0.39, 0.29) is 0 Å². The third kappa shape index (κ3) is 4.73. The smallest absolute Gasteiger partial charge is 0.151 e. The van der Waals surface area contributed by atoms with Gasteiger partial charge in [-0.3, -0.25) is 0 Å². The molecule has 0 amide bonds. The minimum absolute atomic E-state index is 0.822. The first-order valence-corrected chi connectivity index (χ1v) is 11.9. The molecule has 164 valence electrons. The Balaban J connectivity index is 1.01. The van der Waals surface area contributed by atoms with Gasteiger partial charge >= 0.3 is 0 Å². The Kier molecular flexibility index (Phi) is 6.55. The standard InChI is InChI=1S/C29H31NO2/c1(2-10-23-15-16-24-17-18-25(24)22-23)8-20-31-21-9-7-19-30-26-11-3-5-13-28(26)32-29-14-6-4-12-27(29)30/h2-6,10-16,22H,1,7-9,17-21H2/b10-2+. The molecule has 0 aromatic heterocycles. The summed E-state index contributed by atoms with van der Waals surface area (Å²) in [7, 11) is 0. The van der Waals surface area contributed by atoms with Crippen molar-refractivity contribution in [3.05, 3.63) is 89.5 Å². The van der Waals surface area contributed by atoms with Crippen LogP contribution in [0, 0.1) is 0 Å². The number of allylic oxidation sites excluding steroid dienone is 1. The fourth-order valence-corrected chi connectivity index (χ4v) is 4.44. The van der Waals surface area contributed by atoms with E-state index in [9.17, 15) is 0 Å². The first kappa shape index (κ1) is 20.8. The van der Waals surface area contributed by atoms with Gasteiger partial charge in [-0.05, 0) is 79.5 Å². The number of ether oxygens (including phenoxy) is 2. The maximum absolute atomic E-state index is 6.07. The van der Waals surface area contributed by atoms with Gasteiger partial charge in [-0.2, -0.15) is 0 Å². The molecule has 32 heavy (non-hydrogen) atoms. The SMILES string of the molecule is C(=C\c1ccc2c(c1)CC2)/CCCOCCCCN1c2ccccc2Oc2ccccc21. The van der Waals surface area contributed by atoms with Gasteiger partial charge in [0.05, 0.1) is 11.4 Å². The molecule has 1 heterocycles. The number of anilines is 2. The van der Waals surface area contributed by atoms with E-state index in [1.54, 1.807) is 0 Å². The van der Waals surface area contributed by atoms with Gasteiger partial charge in [-0.25, -0.2) is 0 Å². The van der Waals surface area contributed by atoms with Gasteiger partial charge in [0.15, 0.2) is 11.5 Å².